The zero-order valence-corrected chi connectivity index (χ0v) is 30.5. The van der Waals surface area contributed by atoms with E-state index in [4.69, 9.17) is 14.8 Å². The maximum absolute atomic E-state index is 12.7. The Kier molecular flexibility index (Phi) is 33.0. The molecular weight excluding hydrogens is 587 g/mol. The average Bonchev–Trinajstić information content (AvgIpc) is 3.02. The summed E-state index contributed by atoms with van der Waals surface area (Å²) in [6, 6.07) is -0.765. The van der Waals surface area contributed by atoms with Gasteiger partial charge in [-0.1, -0.05) is 174 Å². The van der Waals surface area contributed by atoms with Gasteiger partial charge in [0.25, 0.3) is 0 Å². The van der Waals surface area contributed by atoms with Gasteiger partial charge in [-0.15, -0.1) is 0 Å². The van der Waals surface area contributed by atoms with Crippen LogP contribution in [0.4, 0.5) is 0 Å². The van der Waals surface area contributed by atoms with Gasteiger partial charge in [0.05, 0.1) is 25.4 Å². The Bertz CT molecular complexity index is 684. The number of carbonyl (C=O) groups excluding carboxylic acids is 1. The largest absolute Gasteiger partial charge is 0.472 e. The van der Waals surface area contributed by atoms with Crippen LogP contribution < -0.4 is 11.1 Å². The van der Waals surface area contributed by atoms with E-state index in [1.807, 2.05) is 0 Å². The number of amides is 1. The third-order valence-electron chi connectivity index (χ3n) is 8.71. The fourth-order valence-electron chi connectivity index (χ4n) is 5.78. The number of carbonyl (C=O) groups is 1. The van der Waals surface area contributed by atoms with E-state index in [1.165, 1.54) is 128 Å². The molecule has 3 atom stereocenters. The molecule has 0 fully saturated rings. The first kappa shape index (κ1) is 44.5. The van der Waals surface area contributed by atoms with Crippen LogP contribution in [0.15, 0.2) is 0 Å². The number of rotatable bonds is 36. The summed E-state index contributed by atoms with van der Waals surface area (Å²) >= 11 is 0. The molecule has 270 valence electrons. The van der Waals surface area contributed by atoms with Crippen molar-refractivity contribution in [2.45, 2.75) is 206 Å². The molecular formula is C36H75N2O6P. The molecule has 5 N–H and O–H groups in total. The topological polar surface area (TPSA) is 131 Å². The highest BCUT2D eigenvalue weighted by atomic mass is 31.2. The van der Waals surface area contributed by atoms with Gasteiger partial charge in [0.15, 0.2) is 0 Å². The lowest BCUT2D eigenvalue weighted by molar-refractivity contribution is -0.123. The van der Waals surface area contributed by atoms with E-state index < -0.39 is 20.0 Å². The Hall–Kier alpha value is -0.500. The molecule has 0 aromatic carbocycles. The third kappa shape index (κ3) is 31.8. The number of aliphatic hydroxyl groups excluding tert-OH is 1. The van der Waals surface area contributed by atoms with Crippen molar-refractivity contribution < 1.29 is 28.4 Å². The predicted molar refractivity (Wildman–Crippen MR) is 189 cm³/mol. The maximum atomic E-state index is 12.7. The summed E-state index contributed by atoms with van der Waals surface area (Å²) in [5.74, 6) is -0.161. The van der Waals surface area contributed by atoms with Crippen molar-refractivity contribution in [1.29, 1.82) is 0 Å². The van der Waals surface area contributed by atoms with Crippen LogP contribution in [0.5, 0.6) is 0 Å². The minimum Gasteiger partial charge on any atom is -0.391 e. The van der Waals surface area contributed by atoms with Gasteiger partial charge in [-0.05, 0) is 12.8 Å². The number of unbranched alkanes of at least 4 members (excludes halogenated alkanes) is 24. The lowest BCUT2D eigenvalue weighted by atomic mass is 10.0. The van der Waals surface area contributed by atoms with E-state index in [9.17, 15) is 19.4 Å². The first-order valence-corrected chi connectivity index (χ1v) is 20.6. The molecule has 0 rings (SSSR count). The van der Waals surface area contributed by atoms with Gasteiger partial charge >= 0.3 is 7.82 Å². The lowest BCUT2D eigenvalue weighted by Crippen LogP contribution is -2.46. The second kappa shape index (κ2) is 33.4. The van der Waals surface area contributed by atoms with Gasteiger partial charge < -0.3 is 21.1 Å². The van der Waals surface area contributed by atoms with Crippen molar-refractivity contribution in [2.75, 3.05) is 19.8 Å². The highest BCUT2D eigenvalue weighted by molar-refractivity contribution is 7.47. The van der Waals surface area contributed by atoms with Crippen molar-refractivity contribution in [3.8, 4) is 0 Å². The number of phosphoric ester groups is 1. The molecule has 0 aromatic rings. The highest BCUT2D eigenvalue weighted by Gasteiger charge is 2.27. The smallest absolute Gasteiger partial charge is 0.391 e. The summed E-state index contributed by atoms with van der Waals surface area (Å²) in [6.07, 6.45) is 32.4. The monoisotopic (exact) mass is 663 g/mol. The molecule has 0 radical (unpaired) electrons. The SMILES string of the molecule is CCCCCCCCCCCCCCCCC(O)C(COP(=O)(O)OCCN)NC(=O)CCCCCCCCCCCCCC. The van der Waals surface area contributed by atoms with E-state index in [0.29, 0.717) is 12.8 Å². The molecule has 0 bridgehead atoms. The minimum absolute atomic E-state index is 0.0921. The van der Waals surface area contributed by atoms with Crippen molar-refractivity contribution in [2.24, 2.45) is 5.73 Å². The van der Waals surface area contributed by atoms with Crippen molar-refractivity contribution in [3.05, 3.63) is 0 Å². The first-order chi connectivity index (χ1) is 21.9. The zero-order valence-electron chi connectivity index (χ0n) is 29.6. The first-order valence-electron chi connectivity index (χ1n) is 19.2. The van der Waals surface area contributed by atoms with Gasteiger partial charge in [0.2, 0.25) is 5.91 Å². The molecule has 0 aliphatic rings. The molecule has 8 nitrogen and oxygen atoms in total. The van der Waals surface area contributed by atoms with Crippen molar-refractivity contribution >= 4 is 13.7 Å². The second-order valence-electron chi connectivity index (χ2n) is 13.2. The van der Waals surface area contributed by atoms with Crippen LogP contribution in [-0.2, 0) is 18.4 Å². The summed E-state index contributed by atoms with van der Waals surface area (Å²) in [4.78, 5) is 22.6. The predicted octanol–water partition coefficient (Wildman–Crippen LogP) is 9.89. The Morgan fingerprint density at radius 2 is 1.02 bits per heavy atom. The molecule has 0 aromatic heterocycles. The lowest BCUT2D eigenvalue weighted by Gasteiger charge is -2.25. The van der Waals surface area contributed by atoms with Crippen LogP contribution >= 0.6 is 7.82 Å². The van der Waals surface area contributed by atoms with Gasteiger partial charge in [0.1, 0.15) is 0 Å². The van der Waals surface area contributed by atoms with E-state index in [2.05, 4.69) is 19.2 Å². The zero-order chi connectivity index (χ0) is 33.3. The van der Waals surface area contributed by atoms with E-state index in [0.717, 1.165) is 38.5 Å². The standard InChI is InChI=1S/C36H75N2O6P/c1-3-5-7-9-11-13-15-17-18-19-21-23-25-27-29-35(39)34(33-44-45(41,42)43-32-31-37)38-36(40)30-28-26-24-22-20-16-14-12-10-8-6-4-2/h34-35,39H,3-33,37H2,1-2H3,(H,38,40)(H,41,42). The van der Waals surface area contributed by atoms with Crippen LogP contribution in [0.3, 0.4) is 0 Å². The molecule has 45 heavy (non-hydrogen) atoms. The van der Waals surface area contributed by atoms with Crippen LogP contribution in [0, 0.1) is 0 Å². The summed E-state index contributed by atoms with van der Waals surface area (Å²) in [5.41, 5.74) is 5.36. The van der Waals surface area contributed by atoms with Gasteiger partial charge in [-0.3, -0.25) is 13.8 Å². The fourth-order valence-corrected chi connectivity index (χ4v) is 6.54. The van der Waals surface area contributed by atoms with E-state index >= 15 is 0 Å². The quantitative estimate of drug-likeness (QED) is 0.0388. The minimum atomic E-state index is -4.30. The van der Waals surface area contributed by atoms with E-state index in [-0.39, 0.29) is 25.7 Å². The number of hydrogen-bond acceptors (Lipinski definition) is 6. The molecule has 0 spiro atoms. The Morgan fingerprint density at radius 3 is 1.42 bits per heavy atom. The summed E-state index contributed by atoms with van der Waals surface area (Å²) < 4.78 is 22.1. The third-order valence-corrected chi connectivity index (χ3v) is 9.70. The Balaban J connectivity index is 4.22. The molecule has 0 saturated heterocycles. The summed E-state index contributed by atoms with van der Waals surface area (Å²) in [5, 5.41) is 13.7. The molecule has 0 aliphatic heterocycles. The Morgan fingerprint density at radius 1 is 0.644 bits per heavy atom. The van der Waals surface area contributed by atoms with Crippen LogP contribution in [0.25, 0.3) is 0 Å². The average molecular weight is 663 g/mol. The number of nitrogens with one attached hydrogen (secondary N) is 1. The Labute approximate surface area is 278 Å². The van der Waals surface area contributed by atoms with Crippen LogP contribution in [0.2, 0.25) is 0 Å². The normalized spacial score (nSPS) is 14.3. The van der Waals surface area contributed by atoms with E-state index in [1.54, 1.807) is 0 Å². The molecule has 0 aliphatic carbocycles. The second-order valence-corrected chi connectivity index (χ2v) is 14.6. The highest BCUT2D eigenvalue weighted by Crippen LogP contribution is 2.43. The van der Waals surface area contributed by atoms with Gasteiger partial charge in [-0.2, -0.15) is 0 Å². The molecule has 9 heteroatoms. The number of hydrogen-bond donors (Lipinski definition) is 4. The summed E-state index contributed by atoms with van der Waals surface area (Å²) in [6.45, 7) is 4.20. The van der Waals surface area contributed by atoms with Crippen LogP contribution in [-0.4, -0.2) is 47.8 Å². The maximum Gasteiger partial charge on any atom is 0.472 e. The number of nitrogens with two attached hydrogens (primary N) is 1. The van der Waals surface area contributed by atoms with Crippen molar-refractivity contribution in [1.82, 2.24) is 5.32 Å². The molecule has 1 amide bonds. The van der Waals surface area contributed by atoms with Gasteiger partial charge in [0, 0.05) is 13.0 Å². The molecule has 0 heterocycles. The van der Waals surface area contributed by atoms with Gasteiger partial charge in [-0.25, -0.2) is 4.57 Å². The fraction of sp³-hybridized carbons (Fsp3) is 0.972. The number of phosphoric acid groups is 1. The molecule has 3 unspecified atom stereocenters. The van der Waals surface area contributed by atoms with Crippen LogP contribution in [0.1, 0.15) is 194 Å². The molecule has 0 saturated carbocycles. The summed E-state index contributed by atoms with van der Waals surface area (Å²) in [7, 11) is -4.30. The number of aliphatic hydroxyl groups is 1. The van der Waals surface area contributed by atoms with Crippen molar-refractivity contribution in [3.63, 3.8) is 0 Å².